The maximum Gasteiger partial charge on any atom is 0.250 e. The Kier molecular flexibility index (Phi) is 7.62. The Morgan fingerprint density at radius 3 is 2.04 bits per heavy atom. The minimum Gasteiger partial charge on any atom is -0.496 e. The first kappa shape index (κ1) is 22.1. The molecule has 3 rings (SSSR count). The number of ether oxygens (including phenoxy) is 3. The van der Waals surface area contributed by atoms with Crippen LogP contribution in [0.25, 0.3) is 0 Å². The van der Waals surface area contributed by atoms with Gasteiger partial charge < -0.3 is 19.5 Å². The number of rotatable bonds is 6. The summed E-state index contributed by atoms with van der Waals surface area (Å²) < 4.78 is 44.0. The van der Waals surface area contributed by atoms with E-state index in [2.05, 4.69) is 5.32 Å². The number of sulfonamides is 1. The fourth-order valence-electron chi connectivity index (χ4n) is 3.99. The van der Waals surface area contributed by atoms with Gasteiger partial charge >= 0.3 is 0 Å². The van der Waals surface area contributed by atoms with Crippen molar-refractivity contribution < 1.29 is 22.6 Å². The number of nitrogens with zero attached hydrogens (tertiary/aromatic N) is 1. The van der Waals surface area contributed by atoms with Crippen LogP contribution in [0.15, 0.2) is 17.0 Å². The van der Waals surface area contributed by atoms with E-state index in [1.54, 1.807) is 16.4 Å². The second-order valence-corrected chi connectivity index (χ2v) is 8.68. The van der Waals surface area contributed by atoms with E-state index < -0.39 is 10.0 Å². The Labute approximate surface area is 167 Å². The van der Waals surface area contributed by atoms with Gasteiger partial charge in [0.15, 0.2) is 4.90 Å². The molecular formula is C18H29ClN2O5S. The topological polar surface area (TPSA) is 77.1 Å². The zero-order chi connectivity index (χ0) is 18.7. The normalized spacial score (nSPS) is 21.5. The van der Waals surface area contributed by atoms with E-state index in [1.165, 1.54) is 34.2 Å². The van der Waals surface area contributed by atoms with Crippen LogP contribution in [0.5, 0.6) is 17.2 Å². The maximum absolute atomic E-state index is 13.3. The van der Waals surface area contributed by atoms with Crippen molar-refractivity contribution in [1.82, 2.24) is 9.62 Å². The van der Waals surface area contributed by atoms with E-state index in [1.807, 2.05) is 0 Å². The molecule has 2 aliphatic rings. The van der Waals surface area contributed by atoms with Gasteiger partial charge in [-0.05, 0) is 38.1 Å². The Hall–Kier alpha value is -1.22. The lowest BCUT2D eigenvalue weighted by Gasteiger charge is -2.34. The number of hydrogen-bond acceptors (Lipinski definition) is 6. The first-order chi connectivity index (χ1) is 12.5. The Bertz CT molecular complexity index is 704. The highest BCUT2D eigenvalue weighted by atomic mass is 35.5. The summed E-state index contributed by atoms with van der Waals surface area (Å²) in [4.78, 5) is 0.0701. The number of halogens is 1. The van der Waals surface area contributed by atoms with Gasteiger partial charge in [0.1, 0.15) is 17.2 Å². The van der Waals surface area contributed by atoms with Crippen LogP contribution in [0.1, 0.15) is 25.7 Å². The third-order valence-corrected chi connectivity index (χ3v) is 7.40. The second kappa shape index (κ2) is 9.32. The fourth-order valence-corrected chi connectivity index (χ4v) is 5.73. The van der Waals surface area contributed by atoms with Gasteiger partial charge in [-0.25, -0.2) is 8.42 Å². The lowest BCUT2D eigenvalue weighted by Crippen LogP contribution is -2.43. The molecule has 1 unspecified atom stereocenters. The Morgan fingerprint density at radius 1 is 1.00 bits per heavy atom. The molecule has 2 fully saturated rings. The fraction of sp³-hybridized carbons (Fsp3) is 0.667. The van der Waals surface area contributed by atoms with E-state index in [0.717, 1.165) is 19.4 Å². The average molecular weight is 421 g/mol. The molecule has 27 heavy (non-hydrogen) atoms. The van der Waals surface area contributed by atoms with Gasteiger partial charge in [-0.1, -0.05) is 0 Å². The minimum atomic E-state index is -3.71. The van der Waals surface area contributed by atoms with E-state index in [-0.39, 0.29) is 28.8 Å². The lowest BCUT2D eigenvalue weighted by molar-refractivity contribution is 0.233. The van der Waals surface area contributed by atoms with Gasteiger partial charge in [0, 0.05) is 31.3 Å². The summed E-state index contributed by atoms with van der Waals surface area (Å²) in [5.41, 5.74) is 0. The Morgan fingerprint density at radius 2 is 1.59 bits per heavy atom. The number of hydrogen-bond donors (Lipinski definition) is 1. The molecule has 1 aromatic carbocycles. The molecule has 0 aliphatic carbocycles. The summed E-state index contributed by atoms with van der Waals surface area (Å²) in [6, 6.07) is 3.68. The van der Waals surface area contributed by atoms with Gasteiger partial charge in [-0.2, -0.15) is 4.31 Å². The minimum absolute atomic E-state index is 0. The molecule has 0 saturated carbocycles. The summed E-state index contributed by atoms with van der Waals surface area (Å²) in [6.07, 6.45) is 4.15. The highest BCUT2D eigenvalue weighted by molar-refractivity contribution is 7.89. The van der Waals surface area contributed by atoms with Crippen LogP contribution in [0.3, 0.4) is 0 Å². The van der Waals surface area contributed by atoms with Crippen LogP contribution >= 0.6 is 12.4 Å². The van der Waals surface area contributed by atoms with Crippen molar-refractivity contribution in [3.05, 3.63) is 12.1 Å². The molecule has 2 saturated heterocycles. The van der Waals surface area contributed by atoms with Crippen LogP contribution in [0.2, 0.25) is 0 Å². The molecular weight excluding hydrogens is 392 g/mol. The molecule has 1 aromatic rings. The quantitative estimate of drug-likeness (QED) is 0.760. The van der Waals surface area contributed by atoms with Crippen LogP contribution in [-0.2, 0) is 10.0 Å². The summed E-state index contributed by atoms with van der Waals surface area (Å²) in [5, 5.41) is 3.54. The van der Waals surface area contributed by atoms with E-state index in [9.17, 15) is 8.42 Å². The molecule has 154 valence electrons. The predicted octanol–water partition coefficient (Wildman–Crippen LogP) is 2.29. The maximum atomic E-state index is 13.3. The first-order valence-electron chi connectivity index (χ1n) is 9.04. The number of nitrogens with one attached hydrogen (secondary N) is 1. The van der Waals surface area contributed by atoms with Gasteiger partial charge in [0.05, 0.1) is 21.3 Å². The van der Waals surface area contributed by atoms with Gasteiger partial charge in [0.25, 0.3) is 0 Å². The SMILES string of the molecule is COc1cc(OC)c(S(=O)(=O)N2CCC(C3CCCN3)CC2)c(OC)c1.Cl. The first-order valence-corrected chi connectivity index (χ1v) is 10.5. The summed E-state index contributed by atoms with van der Waals surface area (Å²) in [6.45, 7) is 2.11. The van der Waals surface area contributed by atoms with E-state index in [4.69, 9.17) is 14.2 Å². The second-order valence-electron chi connectivity index (χ2n) is 6.81. The van der Waals surface area contributed by atoms with Crippen LogP contribution < -0.4 is 19.5 Å². The molecule has 2 aliphatic heterocycles. The van der Waals surface area contributed by atoms with E-state index >= 15 is 0 Å². The number of methoxy groups -OCH3 is 3. The molecule has 1 atom stereocenters. The van der Waals surface area contributed by atoms with Crippen molar-refractivity contribution in [3.8, 4) is 17.2 Å². The standard InChI is InChI=1S/C18H28N2O5S.ClH/c1-23-14-11-16(24-2)18(17(12-14)25-3)26(21,22)20-9-6-13(7-10-20)15-5-4-8-19-15;/h11-13,15,19H,4-10H2,1-3H3;1H. The number of piperidine rings is 1. The third-order valence-electron chi connectivity index (χ3n) is 5.43. The highest BCUT2D eigenvalue weighted by Crippen LogP contribution is 2.40. The molecule has 9 heteroatoms. The third kappa shape index (κ3) is 4.45. The van der Waals surface area contributed by atoms with Crippen molar-refractivity contribution >= 4 is 22.4 Å². The molecule has 0 amide bonds. The lowest BCUT2D eigenvalue weighted by atomic mass is 9.89. The zero-order valence-electron chi connectivity index (χ0n) is 16.1. The van der Waals surface area contributed by atoms with Crippen molar-refractivity contribution in [3.63, 3.8) is 0 Å². The summed E-state index contributed by atoms with van der Waals surface area (Å²) in [7, 11) is 0.705. The molecule has 7 nitrogen and oxygen atoms in total. The smallest absolute Gasteiger partial charge is 0.250 e. The number of benzene rings is 1. The van der Waals surface area contributed by atoms with E-state index in [0.29, 0.717) is 30.8 Å². The zero-order valence-corrected chi connectivity index (χ0v) is 17.7. The largest absolute Gasteiger partial charge is 0.496 e. The van der Waals surface area contributed by atoms with Crippen molar-refractivity contribution in [1.29, 1.82) is 0 Å². The van der Waals surface area contributed by atoms with Gasteiger partial charge in [-0.15, -0.1) is 12.4 Å². The van der Waals surface area contributed by atoms with Gasteiger partial charge in [0.2, 0.25) is 10.0 Å². The molecule has 0 bridgehead atoms. The Balaban J connectivity index is 0.00000261. The van der Waals surface area contributed by atoms with Crippen LogP contribution in [0.4, 0.5) is 0 Å². The van der Waals surface area contributed by atoms with Crippen molar-refractivity contribution in [2.75, 3.05) is 41.0 Å². The highest BCUT2D eigenvalue weighted by Gasteiger charge is 2.36. The predicted molar refractivity (Wildman–Crippen MR) is 106 cm³/mol. The average Bonchev–Trinajstić information content (AvgIpc) is 3.21. The van der Waals surface area contributed by atoms with Gasteiger partial charge in [-0.3, -0.25) is 0 Å². The van der Waals surface area contributed by atoms with Crippen molar-refractivity contribution in [2.24, 2.45) is 5.92 Å². The van der Waals surface area contributed by atoms with Crippen LogP contribution in [0, 0.1) is 5.92 Å². The van der Waals surface area contributed by atoms with Crippen LogP contribution in [-0.4, -0.2) is 59.7 Å². The molecule has 0 aromatic heterocycles. The summed E-state index contributed by atoms with van der Waals surface area (Å²) >= 11 is 0. The molecule has 0 spiro atoms. The molecule has 0 radical (unpaired) electrons. The molecule has 2 heterocycles. The summed E-state index contributed by atoms with van der Waals surface area (Å²) in [5.74, 6) is 1.51. The molecule has 1 N–H and O–H groups in total. The van der Waals surface area contributed by atoms with Crippen molar-refractivity contribution in [2.45, 2.75) is 36.6 Å². The monoisotopic (exact) mass is 420 g/mol.